The first-order chi connectivity index (χ1) is 9.75. The van der Waals surface area contributed by atoms with Crippen molar-refractivity contribution < 1.29 is 9.32 Å². The van der Waals surface area contributed by atoms with Gasteiger partial charge in [-0.05, 0) is 19.1 Å². The van der Waals surface area contributed by atoms with Gasteiger partial charge in [-0.3, -0.25) is 4.79 Å². The standard InChI is InChI=1S/C14H16N4O2.ClH/c1-10-8-15-6-7-18(10)14(19)12-4-2-11(3-5-12)13-16-9-20-17-13;/h2-5,9-10,15H,6-8H2,1H3;1H/t10-;/m0./s1. The van der Waals surface area contributed by atoms with E-state index in [9.17, 15) is 4.79 Å². The van der Waals surface area contributed by atoms with Gasteiger partial charge in [-0.2, -0.15) is 4.98 Å². The van der Waals surface area contributed by atoms with Crippen molar-refractivity contribution in [1.82, 2.24) is 20.4 Å². The van der Waals surface area contributed by atoms with Crippen molar-refractivity contribution in [2.45, 2.75) is 13.0 Å². The van der Waals surface area contributed by atoms with Crippen molar-refractivity contribution in [2.75, 3.05) is 19.6 Å². The summed E-state index contributed by atoms with van der Waals surface area (Å²) in [5.41, 5.74) is 1.52. The highest BCUT2D eigenvalue weighted by atomic mass is 35.5. The lowest BCUT2D eigenvalue weighted by Crippen LogP contribution is -2.52. The number of hydrogen-bond donors (Lipinski definition) is 1. The molecule has 0 radical (unpaired) electrons. The van der Waals surface area contributed by atoms with Crippen LogP contribution in [-0.4, -0.2) is 46.6 Å². The molecule has 1 fully saturated rings. The lowest BCUT2D eigenvalue weighted by molar-refractivity contribution is 0.0656. The second-order valence-electron chi connectivity index (χ2n) is 4.88. The molecule has 0 saturated carbocycles. The molecule has 7 heteroatoms. The summed E-state index contributed by atoms with van der Waals surface area (Å²) in [6.07, 6.45) is 1.29. The largest absolute Gasteiger partial charge is 0.342 e. The van der Waals surface area contributed by atoms with Gasteiger partial charge in [-0.25, -0.2) is 0 Å². The smallest absolute Gasteiger partial charge is 0.254 e. The molecule has 1 saturated heterocycles. The second-order valence-corrected chi connectivity index (χ2v) is 4.88. The van der Waals surface area contributed by atoms with E-state index in [0.717, 1.165) is 25.2 Å². The molecule has 1 aromatic carbocycles. The summed E-state index contributed by atoms with van der Waals surface area (Å²) >= 11 is 0. The minimum absolute atomic E-state index is 0. The molecule has 1 N–H and O–H groups in total. The third-order valence-corrected chi connectivity index (χ3v) is 3.51. The summed E-state index contributed by atoms with van der Waals surface area (Å²) in [5.74, 6) is 0.596. The zero-order chi connectivity index (χ0) is 13.9. The Hall–Kier alpha value is -1.92. The van der Waals surface area contributed by atoms with Crippen molar-refractivity contribution in [1.29, 1.82) is 0 Å². The fourth-order valence-corrected chi connectivity index (χ4v) is 2.37. The first kappa shape index (κ1) is 15.5. The van der Waals surface area contributed by atoms with Crippen molar-refractivity contribution in [3.05, 3.63) is 36.2 Å². The number of hydrogen-bond acceptors (Lipinski definition) is 5. The minimum Gasteiger partial charge on any atom is -0.342 e. The molecule has 3 rings (SSSR count). The molecule has 1 aromatic heterocycles. The van der Waals surface area contributed by atoms with Gasteiger partial charge in [0.05, 0.1) is 0 Å². The van der Waals surface area contributed by atoms with E-state index in [1.165, 1.54) is 6.39 Å². The van der Waals surface area contributed by atoms with E-state index in [0.29, 0.717) is 11.4 Å². The molecule has 0 unspecified atom stereocenters. The summed E-state index contributed by atoms with van der Waals surface area (Å²) in [4.78, 5) is 18.3. The number of carbonyl (C=O) groups is 1. The van der Waals surface area contributed by atoms with E-state index in [4.69, 9.17) is 4.52 Å². The quantitative estimate of drug-likeness (QED) is 0.912. The molecule has 2 heterocycles. The maximum absolute atomic E-state index is 12.5. The fraction of sp³-hybridized carbons (Fsp3) is 0.357. The van der Waals surface area contributed by atoms with Crippen molar-refractivity contribution >= 4 is 18.3 Å². The first-order valence-corrected chi connectivity index (χ1v) is 6.64. The maximum atomic E-state index is 12.5. The third-order valence-electron chi connectivity index (χ3n) is 3.51. The lowest BCUT2D eigenvalue weighted by atomic mass is 10.1. The molecule has 21 heavy (non-hydrogen) atoms. The van der Waals surface area contributed by atoms with Crippen LogP contribution in [0.25, 0.3) is 11.4 Å². The van der Waals surface area contributed by atoms with Gasteiger partial charge in [0.1, 0.15) is 0 Å². The number of aromatic nitrogens is 2. The maximum Gasteiger partial charge on any atom is 0.254 e. The summed E-state index contributed by atoms with van der Waals surface area (Å²) in [5, 5.41) is 7.05. The number of amides is 1. The molecule has 1 atom stereocenters. The van der Waals surface area contributed by atoms with E-state index in [-0.39, 0.29) is 24.4 Å². The first-order valence-electron chi connectivity index (χ1n) is 6.64. The van der Waals surface area contributed by atoms with Crippen molar-refractivity contribution in [2.24, 2.45) is 0 Å². The molecule has 0 aliphatic carbocycles. The van der Waals surface area contributed by atoms with Gasteiger partial charge in [0, 0.05) is 36.8 Å². The Morgan fingerprint density at radius 2 is 2.14 bits per heavy atom. The van der Waals surface area contributed by atoms with Gasteiger partial charge in [0.2, 0.25) is 12.2 Å². The van der Waals surface area contributed by atoms with E-state index in [1.54, 1.807) is 0 Å². The highest BCUT2D eigenvalue weighted by Gasteiger charge is 2.23. The number of benzene rings is 1. The Labute approximate surface area is 128 Å². The van der Waals surface area contributed by atoms with Gasteiger partial charge in [0.25, 0.3) is 5.91 Å². The molecule has 112 valence electrons. The predicted molar refractivity (Wildman–Crippen MR) is 80.4 cm³/mol. The van der Waals surface area contributed by atoms with Gasteiger partial charge >= 0.3 is 0 Å². The number of rotatable bonds is 2. The fourth-order valence-electron chi connectivity index (χ4n) is 2.37. The minimum atomic E-state index is 0. The van der Waals surface area contributed by atoms with Gasteiger partial charge in [-0.15, -0.1) is 12.4 Å². The number of piperazine rings is 1. The van der Waals surface area contributed by atoms with Crippen LogP contribution in [0, 0.1) is 0 Å². The monoisotopic (exact) mass is 308 g/mol. The van der Waals surface area contributed by atoms with Crippen LogP contribution >= 0.6 is 12.4 Å². The highest BCUT2D eigenvalue weighted by Crippen LogP contribution is 2.17. The summed E-state index contributed by atoms with van der Waals surface area (Å²) in [7, 11) is 0. The third kappa shape index (κ3) is 3.22. The number of carbonyl (C=O) groups excluding carboxylic acids is 1. The van der Waals surface area contributed by atoms with Gasteiger partial charge < -0.3 is 14.7 Å². The van der Waals surface area contributed by atoms with E-state index in [2.05, 4.69) is 22.4 Å². The number of nitrogens with one attached hydrogen (secondary N) is 1. The predicted octanol–water partition coefficient (Wildman–Crippen LogP) is 1.59. The van der Waals surface area contributed by atoms with Crippen LogP contribution in [0.5, 0.6) is 0 Å². The average Bonchev–Trinajstić information content (AvgIpc) is 3.01. The summed E-state index contributed by atoms with van der Waals surface area (Å²) in [6.45, 7) is 4.48. The van der Waals surface area contributed by atoms with Crippen LogP contribution in [0.15, 0.2) is 35.2 Å². The highest BCUT2D eigenvalue weighted by molar-refractivity contribution is 5.94. The summed E-state index contributed by atoms with van der Waals surface area (Å²) in [6, 6.07) is 7.51. The molecule has 0 bridgehead atoms. The summed E-state index contributed by atoms with van der Waals surface area (Å²) < 4.78 is 4.71. The van der Waals surface area contributed by atoms with Crippen LogP contribution in [0.3, 0.4) is 0 Å². The van der Waals surface area contributed by atoms with Gasteiger partial charge in [-0.1, -0.05) is 17.3 Å². The zero-order valence-corrected chi connectivity index (χ0v) is 12.5. The Morgan fingerprint density at radius 1 is 1.38 bits per heavy atom. The molecule has 1 aliphatic heterocycles. The van der Waals surface area contributed by atoms with Crippen molar-refractivity contribution in [3.63, 3.8) is 0 Å². The van der Waals surface area contributed by atoms with E-state index < -0.39 is 0 Å². The molecule has 2 aromatic rings. The lowest BCUT2D eigenvalue weighted by Gasteiger charge is -2.34. The zero-order valence-electron chi connectivity index (χ0n) is 11.7. The second kappa shape index (κ2) is 6.69. The number of halogens is 1. The Morgan fingerprint density at radius 3 is 2.76 bits per heavy atom. The molecule has 0 spiro atoms. The van der Waals surface area contributed by atoms with Gasteiger partial charge in [0.15, 0.2) is 0 Å². The molecular formula is C14H17ClN4O2. The molecule has 6 nitrogen and oxygen atoms in total. The van der Waals surface area contributed by atoms with E-state index >= 15 is 0 Å². The Kier molecular flexibility index (Phi) is 4.93. The molecular weight excluding hydrogens is 292 g/mol. The Balaban J connectivity index is 0.00000161. The normalized spacial score (nSPS) is 18.1. The Bertz CT molecular complexity index is 586. The van der Waals surface area contributed by atoms with Crippen LogP contribution in [0.2, 0.25) is 0 Å². The number of nitrogens with zero attached hydrogens (tertiary/aromatic N) is 3. The average molecular weight is 309 g/mol. The van der Waals surface area contributed by atoms with Crippen molar-refractivity contribution in [3.8, 4) is 11.4 Å². The SMILES string of the molecule is C[C@H]1CNCCN1C(=O)c1ccc(-c2ncon2)cc1.Cl. The molecule has 1 amide bonds. The van der Waals surface area contributed by atoms with Crippen LogP contribution in [-0.2, 0) is 0 Å². The van der Waals surface area contributed by atoms with Crippen LogP contribution in [0.4, 0.5) is 0 Å². The van der Waals surface area contributed by atoms with E-state index in [1.807, 2.05) is 29.2 Å². The topological polar surface area (TPSA) is 71.3 Å². The molecule has 1 aliphatic rings. The van der Waals surface area contributed by atoms with Crippen LogP contribution in [0.1, 0.15) is 17.3 Å². The van der Waals surface area contributed by atoms with Crippen LogP contribution < -0.4 is 5.32 Å².